The second kappa shape index (κ2) is 8.36. The average Bonchev–Trinajstić information content (AvgIpc) is 3.06. The summed E-state index contributed by atoms with van der Waals surface area (Å²) in [5, 5.41) is 0. The molecule has 32 heavy (non-hydrogen) atoms. The number of hydrogen-bond acceptors (Lipinski definition) is 3. The number of ketones is 1. The number of aryl methyl sites for hydroxylation is 1. The highest BCUT2D eigenvalue weighted by atomic mass is 32.2. The van der Waals surface area contributed by atoms with Crippen molar-refractivity contribution in [3.8, 4) is 0 Å². The van der Waals surface area contributed by atoms with Gasteiger partial charge in [0.15, 0.2) is 5.78 Å². The number of hydrogen-bond donors (Lipinski definition) is 1. The van der Waals surface area contributed by atoms with Crippen molar-refractivity contribution < 1.29 is 39.6 Å². The minimum atomic E-state index is -5.16. The fourth-order valence-electron chi connectivity index (χ4n) is 3.41. The Balaban J connectivity index is 1.94. The van der Waals surface area contributed by atoms with E-state index in [0.717, 1.165) is 5.56 Å². The lowest BCUT2D eigenvalue weighted by atomic mass is 10.0. The number of sulfonamides is 1. The zero-order chi connectivity index (χ0) is 23.9. The molecule has 0 amide bonds. The van der Waals surface area contributed by atoms with Crippen LogP contribution in [-0.4, -0.2) is 14.2 Å². The van der Waals surface area contributed by atoms with Crippen LogP contribution in [0.1, 0.15) is 47.2 Å². The molecule has 1 N–H and O–H groups in total. The molecule has 1 unspecified atom stereocenters. The summed E-state index contributed by atoms with van der Waals surface area (Å²) < 4.78 is 106. The van der Waals surface area contributed by atoms with E-state index in [2.05, 4.69) is 4.72 Å². The molecule has 0 saturated carbocycles. The Morgan fingerprint density at radius 2 is 1.59 bits per heavy atom. The third-order valence-corrected chi connectivity index (χ3v) is 6.38. The summed E-state index contributed by atoms with van der Waals surface area (Å²) in [4.78, 5) is 9.95. The molecule has 2 aromatic carbocycles. The lowest BCUT2D eigenvalue weighted by Crippen LogP contribution is -2.28. The number of nitrogens with one attached hydrogen (secondary N) is 1. The van der Waals surface area contributed by atoms with Crippen LogP contribution in [0.4, 0.5) is 26.3 Å². The minimum Gasteiger partial charge on any atom is -0.295 e. The van der Waals surface area contributed by atoms with Crippen molar-refractivity contribution in [2.45, 2.75) is 43.1 Å². The van der Waals surface area contributed by atoms with Gasteiger partial charge in [0.05, 0.1) is 16.0 Å². The second-order valence-corrected chi connectivity index (χ2v) is 9.07. The highest BCUT2D eigenvalue weighted by Crippen LogP contribution is 2.38. The maximum absolute atomic E-state index is 13.1. The van der Waals surface area contributed by atoms with Crippen molar-refractivity contribution in [3.05, 3.63) is 70.3 Å². The number of alkyl halides is 6. The summed E-state index contributed by atoms with van der Waals surface area (Å²) in [6.45, 7) is 1.38. The van der Waals surface area contributed by atoms with Crippen LogP contribution in [0.5, 0.6) is 0 Å². The van der Waals surface area contributed by atoms with Gasteiger partial charge in [-0.3, -0.25) is 4.79 Å². The van der Waals surface area contributed by atoms with E-state index in [1.165, 1.54) is 13.0 Å². The highest BCUT2D eigenvalue weighted by Gasteiger charge is 2.39. The molecule has 0 spiro atoms. The van der Waals surface area contributed by atoms with Gasteiger partial charge in [-0.2, -0.15) is 26.3 Å². The highest BCUT2D eigenvalue weighted by molar-refractivity contribution is 7.89. The molecule has 0 saturated heterocycles. The van der Waals surface area contributed by atoms with E-state index in [1.54, 1.807) is 24.3 Å². The van der Waals surface area contributed by atoms with Crippen molar-refractivity contribution in [3.63, 3.8) is 0 Å². The van der Waals surface area contributed by atoms with E-state index in [1.807, 2.05) is 0 Å². The van der Waals surface area contributed by atoms with Gasteiger partial charge in [-0.25, -0.2) is 13.1 Å². The summed E-state index contributed by atoms with van der Waals surface area (Å²) >= 11 is 0. The topological polar surface area (TPSA) is 63.2 Å². The van der Waals surface area contributed by atoms with Gasteiger partial charge < -0.3 is 0 Å². The molecule has 0 heterocycles. The number of carbonyl (C=O) groups excluding carboxylic acids is 1. The summed E-state index contributed by atoms with van der Waals surface area (Å²) in [6, 6.07) is 4.42. The first-order valence-corrected chi connectivity index (χ1v) is 10.8. The maximum Gasteiger partial charge on any atom is 0.416 e. The van der Waals surface area contributed by atoms with Crippen LogP contribution in [-0.2, 0) is 33.6 Å². The molecule has 11 heteroatoms. The number of rotatable bonds is 5. The van der Waals surface area contributed by atoms with Gasteiger partial charge in [-0.1, -0.05) is 24.3 Å². The number of fused-ring (bicyclic) bond motifs is 1. The van der Waals surface area contributed by atoms with E-state index < -0.39 is 44.4 Å². The number of benzene rings is 2. The van der Waals surface area contributed by atoms with Gasteiger partial charge in [0, 0.05) is 6.04 Å². The van der Waals surface area contributed by atoms with Crippen LogP contribution in [0, 0.1) is 0 Å². The normalized spacial score (nSPS) is 17.0. The molecule has 0 fully saturated rings. The molecule has 1 atom stereocenters. The molecular formula is C21H17F6NO3S. The zero-order valence-electron chi connectivity index (χ0n) is 16.5. The molecule has 0 aromatic heterocycles. The molecular weight excluding hydrogens is 460 g/mol. The third kappa shape index (κ3) is 5.39. The lowest BCUT2D eigenvalue weighted by Gasteiger charge is -2.17. The first-order valence-electron chi connectivity index (χ1n) is 9.30. The SMILES string of the molecule is CC(=O)/C=C/c1ccc2c(c1)CCC2NS(=O)(=O)c1cc(C(F)(F)F)cc(C(F)(F)F)c1. The van der Waals surface area contributed by atoms with Crippen LogP contribution < -0.4 is 4.72 Å². The fraction of sp³-hybridized carbons (Fsp3) is 0.286. The monoisotopic (exact) mass is 477 g/mol. The van der Waals surface area contributed by atoms with Crippen LogP contribution in [0.2, 0.25) is 0 Å². The standard InChI is InChI=1S/C21H17F6NO3S/c1-12(29)2-3-13-4-6-18-14(8-13)5-7-19(18)28-32(30,31)17-10-15(20(22,23)24)9-16(11-17)21(25,26)27/h2-4,6,8-11,19,28H,5,7H2,1H3/b3-2+. The Hall–Kier alpha value is -2.66. The molecule has 0 aliphatic heterocycles. The van der Waals surface area contributed by atoms with Gasteiger partial charge in [0.25, 0.3) is 0 Å². The fourth-order valence-corrected chi connectivity index (χ4v) is 4.73. The summed E-state index contributed by atoms with van der Waals surface area (Å²) in [5.41, 5.74) is -1.38. The molecule has 0 bridgehead atoms. The Bertz CT molecular complexity index is 1150. The number of allylic oxidation sites excluding steroid dienone is 1. The Kier molecular flexibility index (Phi) is 6.27. The van der Waals surface area contributed by atoms with Crippen LogP contribution in [0.25, 0.3) is 6.08 Å². The first kappa shape index (κ1) is 24.0. The van der Waals surface area contributed by atoms with Crippen molar-refractivity contribution >= 4 is 21.9 Å². The van der Waals surface area contributed by atoms with E-state index in [9.17, 15) is 39.6 Å². The zero-order valence-corrected chi connectivity index (χ0v) is 17.3. The van der Waals surface area contributed by atoms with Crippen molar-refractivity contribution in [2.75, 3.05) is 0 Å². The van der Waals surface area contributed by atoms with Crippen molar-refractivity contribution in [1.29, 1.82) is 0 Å². The third-order valence-electron chi connectivity index (χ3n) is 4.92. The number of carbonyl (C=O) groups is 1. The largest absolute Gasteiger partial charge is 0.416 e. The van der Waals surface area contributed by atoms with Gasteiger partial charge in [0.1, 0.15) is 0 Å². The van der Waals surface area contributed by atoms with Gasteiger partial charge in [-0.15, -0.1) is 0 Å². The first-order chi connectivity index (χ1) is 14.7. The Morgan fingerprint density at radius 3 is 2.12 bits per heavy atom. The quantitative estimate of drug-likeness (QED) is 0.470. The van der Waals surface area contributed by atoms with Crippen LogP contribution >= 0.6 is 0 Å². The minimum absolute atomic E-state index is 0.125. The van der Waals surface area contributed by atoms with Crippen molar-refractivity contribution in [1.82, 2.24) is 4.72 Å². The van der Waals surface area contributed by atoms with E-state index >= 15 is 0 Å². The van der Waals surface area contributed by atoms with E-state index in [4.69, 9.17) is 0 Å². The molecule has 172 valence electrons. The summed E-state index contributed by atoms with van der Waals surface area (Å²) in [5.74, 6) is -0.157. The summed E-state index contributed by atoms with van der Waals surface area (Å²) in [6.07, 6.45) is -6.64. The molecule has 0 radical (unpaired) electrons. The average molecular weight is 477 g/mol. The van der Waals surface area contributed by atoms with Crippen molar-refractivity contribution in [2.24, 2.45) is 0 Å². The molecule has 4 nitrogen and oxygen atoms in total. The number of halogens is 6. The maximum atomic E-state index is 13.1. The second-order valence-electron chi connectivity index (χ2n) is 7.36. The van der Waals surface area contributed by atoms with Gasteiger partial charge in [0.2, 0.25) is 10.0 Å². The summed E-state index contributed by atoms with van der Waals surface area (Å²) in [7, 11) is -4.69. The van der Waals surface area contributed by atoms with Gasteiger partial charge >= 0.3 is 12.4 Å². The van der Waals surface area contributed by atoms with E-state index in [0.29, 0.717) is 17.5 Å². The van der Waals surface area contributed by atoms with Crippen LogP contribution in [0.3, 0.4) is 0 Å². The molecule has 1 aliphatic carbocycles. The van der Waals surface area contributed by atoms with Gasteiger partial charge in [-0.05, 0) is 60.7 Å². The smallest absolute Gasteiger partial charge is 0.295 e. The lowest BCUT2D eigenvalue weighted by molar-refractivity contribution is -0.143. The Morgan fingerprint density at radius 1 is 1.00 bits per heavy atom. The van der Waals surface area contributed by atoms with E-state index in [-0.39, 0.29) is 30.4 Å². The molecule has 2 aromatic rings. The van der Waals surface area contributed by atoms with Crippen LogP contribution in [0.15, 0.2) is 47.4 Å². The predicted octanol–water partition coefficient (Wildman–Crippen LogP) is 5.29. The Labute approximate surface area is 180 Å². The predicted molar refractivity (Wildman–Crippen MR) is 104 cm³/mol. The molecule has 3 rings (SSSR count). The molecule has 1 aliphatic rings.